The number of nitrogens with zero attached hydrogens (tertiary/aromatic N) is 1. The zero-order valence-electron chi connectivity index (χ0n) is 10.9. The summed E-state index contributed by atoms with van der Waals surface area (Å²) in [4.78, 5) is 14.6. The molecule has 5 heteroatoms. The number of nitrogens with two attached hydrogens (primary N) is 1. The molecular formula is C14H18Br2N2O. The number of halogens is 2. The first-order chi connectivity index (χ1) is 9.02. The third-order valence-corrected chi connectivity index (χ3v) is 4.64. The van der Waals surface area contributed by atoms with E-state index < -0.39 is 0 Å². The molecule has 19 heavy (non-hydrogen) atoms. The van der Waals surface area contributed by atoms with Crippen LogP contribution in [0.3, 0.4) is 0 Å². The van der Waals surface area contributed by atoms with Gasteiger partial charge < -0.3 is 10.6 Å². The summed E-state index contributed by atoms with van der Waals surface area (Å²) in [6.45, 7) is 3.51. The molecule has 1 amide bonds. The Hall–Kier alpha value is -0.390. The van der Waals surface area contributed by atoms with Crippen molar-refractivity contribution in [3.63, 3.8) is 0 Å². The van der Waals surface area contributed by atoms with Crippen LogP contribution in [0.4, 0.5) is 0 Å². The summed E-state index contributed by atoms with van der Waals surface area (Å²) in [7, 11) is 0. The van der Waals surface area contributed by atoms with E-state index in [2.05, 4.69) is 38.8 Å². The zero-order chi connectivity index (χ0) is 14.0. The Morgan fingerprint density at radius 1 is 1.37 bits per heavy atom. The van der Waals surface area contributed by atoms with Gasteiger partial charge in [0.2, 0.25) is 0 Å². The van der Waals surface area contributed by atoms with Crippen LogP contribution in [0.5, 0.6) is 0 Å². The Bertz CT molecular complexity index is 458. The average molecular weight is 390 g/mol. The smallest absolute Gasteiger partial charge is 0.254 e. The van der Waals surface area contributed by atoms with Crippen LogP contribution in [-0.2, 0) is 0 Å². The lowest BCUT2D eigenvalue weighted by Gasteiger charge is -2.39. The van der Waals surface area contributed by atoms with Crippen molar-refractivity contribution in [1.82, 2.24) is 4.90 Å². The molecule has 1 fully saturated rings. The SMILES string of the molecule is CC1CCCN(C(=O)c2cc(Br)cc(Br)c2)C1CN. The number of hydrogen-bond acceptors (Lipinski definition) is 2. The number of piperidine rings is 1. The molecule has 1 aliphatic heterocycles. The Balaban J connectivity index is 2.26. The van der Waals surface area contributed by atoms with Gasteiger partial charge in [-0.3, -0.25) is 4.79 Å². The summed E-state index contributed by atoms with van der Waals surface area (Å²) in [5.74, 6) is 0.544. The Morgan fingerprint density at radius 3 is 2.58 bits per heavy atom. The normalized spacial score (nSPS) is 23.5. The van der Waals surface area contributed by atoms with Crippen molar-refractivity contribution in [2.75, 3.05) is 13.1 Å². The van der Waals surface area contributed by atoms with Gasteiger partial charge in [-0.1, -0.05) is 38.8 Å². The van der Waals surface area contributed by atoms with Gasteiger partial charge in [0, 0.05) is 33.6 Å². The van der Waals surface area contributed by atoms with Gasteiger partial charge in [0.15, 0.2) is 0 Å². The van der Waals surface area contributed by atoms with E-state index in [4.69, 9.17) is 5.73 Å². The van der Waals surface area contributed by atoms with E-state index in [0.717, 1.165) is 28.3 Å². The van der Waals surface area contributed by atoms with Gasteiger partial charge in [0.1, 0.15) is 0 Å². The maximum Gasteiger partial charge on any atom is 0.254 e. The molecule has 2 N–H and O–H groups in total. The molecule has 2 atom stereocenters. The highest BCUT2D eigenvalue weighted by Crippen LogP contribution is 2.26. The molecule has 1 aromatic carbocycles. The van der Waals surface area contributed by atoms with Crippen LogP contribution in [0, 0.1) is 5.92 Å². The van der Waals surface area contributed by atoms with Gasteiger partial charge in [-0.15, -0.1) is 0 Å². The van der Waals surface area contributed by atoms with E-state index in [9.17, 15) is 4.79 Å². The molecule has 0 radical (unpaired) electrons. The van der Waals surface area contributed by atoms with Crippen molar-refractivity contribution in [2.45, 2.75) is 25.8 Å². The van der Waals surface area contributed by atoms with Gasteiger partial charge in [0.25, 0.3) is 5.91 Å². The van der Waals surface area contributed by atoms with Crippen LogP contribution in [0.2, 0.25) is 0 Å². The molecule has 0 aliphatic carbocycles. The van der Waals surface area contributed by atoms with Gasteiger partial charge in [-0.2, -0.15) is 0 Å². The van der Waals surface area contributed by atoms with Gasteiger partial charge >= 0.3 is 0 Å². The van der Waals surface area contributed by atoms with E-state index in [0.29, 0.717) is 18.0 Å². The number of carbonyl (C=O) groups is 1. The maximum absolute atomic E-state index is 12.6. The number of carbonyl (C=O) groups excluding carboxylic acids is 1. The van der Waals surface area contributed by atoms with E-state index in [-0.39, 0.29) is 11.9 Å². The predicted octanol–water partition coefficient (Wildman–Crippen LogP) is 3.41. The minimum Gasteiger partial charge on any atom is -0.334 e. The Morgan fingerprint density at radius 2 is 2.00 bits per heavy atom. The molecule has 0 bridgehead atoms. The minimum atomic E-state index is 0.0731. The quantitative estimate of drug-likeness (QED) is 0.842. The number of hydrogen-bond donors (Lipinski definition) is 1. The highest BCUT2D eigenvalue weighted by molar-refractivity contribution is 9.11. The van der Waals surface area contributed by atoms with Gasteiger partial charge in [-0.05, 0) is 37.0 Å². The third-order valence-electron chi connectivity index (χ3n) is 3.73. The molecule has 104 valence electrons. The van der Waals surface area contributed by atoms with E-state index in [1.54, 1.807) is 0 Å². The summed E-state index contributed by atoms with van der Waals surface area (Å²) in [6.07, 6.45) is 2.20. The van der Waals surface area contributed by atoms with Crippen LogP contribution in [-0.4, -0.2) is 29.9 Å². The monoisotopic (exact) mass is 388 g/mol. The number of rotatable bonds is 2. The molecule has 2 rings (SSSR count). The van der Waals surface area contributed by atoms with E-state index in [1.807, 2.05) is 23.1 Å². The molecule has 1 aromatic rings. The highest BCUT2D eigenvalue weighted by Gasteiger charge is 2.31. The largest absolute Gasteiger partial charge is 0.334 e. The van der Waals surface area contributed by atoms with Crippen LogP contribution >= 0.6 is 31.9 Å². The first kappa shape index (κ1) is 15.0. The molecule has 0 saturated carbocycles. The van der Waals surface area contributed by atoms with E-state index in [1.165, 1.54) is 0 Å². The highest BCUT2D eigenvalue weighted by atomic mass is 79.9. The second-order valence-corrected chi connectivity index (χ2v) is 6.91. The molecule has 1 aliphatic rings. The summed E-state index contributed by atoms with van der Waals surface area (Å²) >= 11 is 6.85. The topological polar surface area (TPSA) is 46.3 Å². The Kier molecular flexibility index (Phi) is 5.03. The fourth-order valence-electron chi connectivity index (χ4n) is 2.70. The molecule has 0 aromatic heterocycles. The maximum atomic E-state index is 12.6. The minimum absolute atomic E-state index is 0.0731. The molecule has 1 heterocycles. The van der Waals surface area contributed by atoms with Crippen LogP contribution in [0.25, 0.3) is 0 Å². The van der Waals surface area contributed by atoms with Gasteiger partial charge in [0.05, 0.1) is 0 Å². The lowest BCUT2D eigenvalue weighted by atomic mass is 9.90. The summed E-state index contributed by atoms with van der Waals surface area (Å²) in [5.41, 5.74) is 6.55. The van der Waals surface area contributed by atoms with Crippen LogP contribution < -0.4 is 5.73 Å². The number of benzene rings is 1. The lowest BCUT2D eigenvalue weighted by molar-refractivity contribution is 0.0532. The van der Waals surface area contributed by atoms with Crippen molar-refractivity contribution < 1.29 is 4.79 Å². The first-order valence-electron chi connectivity index (χ1n) is 6.50. The predicted molar refractivity (Wildman–Crippen MR) is 84.1 cm³/mol. The molecule has 2 unspecified atom stereocenters. The van der Waals surface area contributed by atoms with Crippen molar-refractivity contribution in [3.05, 3.63) is 32.7 Å². The molecular weight excluding hydrogens is 372 g/mol. The fourth-order valence-corrected chi connectivity index (χ4v) is 4.00. The third kappa shape index (κ3) is 3.38. The summed E-state index contributed by atoms with van der Waals surface area (Å²) in [5, 5.41) is 0. The van der Waals surface area contributed by atoms with E-state index >= 15 is 0 Å². The van der Waals surface area contributed by atoms with Gasteiger partial charge in [-0.25, -0.2) is 0 Å². The number of amides is 1. The summed E-state index contributed by atoms with van der Waals surface area (Å²) < 4.78 is 1.80. The Labute approximate surface area is 130 Å². The molecule has 3 nitrogen and oxygen atoms in total. The molecule has 0 spiro atoms. The number of likely N-dealkylation sites (tertiary alicyclic amines) is 1. The van der Waals surface area contributed by atoms with Crippen LogP contribution in [0.15, 0.2) is 27.1 Å². The van der Waals surface area contributed by atoms with Crippen molar-refractivity contribution in [3.8, 4) is 0 Å². The first-order valence-corrected chi connectivity index (χ1v) is 8.08. The molecule has 1 saturated heterocycles. The fraction of sp³-hybridized carbons (Fsp3) is 0.500. The summed E-state index contributed by atoms with van der Waals surface area (Å²) in [6, 6.07) is 5.80. The lowest BCUT2D eigenvalue weighted by Crippen LogP contribution is -2.51. The average Bonchev–Trinajstić information content (AvgIpc) is 2.36. The van der Waals surface area contributed by atoms with Crippen molar-refractivity contribution in [2.24, 2.45) is 11.7 Å². The zero-order valence-corrected chi connectivity index (χ0v) is 14.1. The second-order valence-electron chi connectivity index (χ2n) is 5.08. The van der Waals surface area contributed by atoms with Crippen LogP contribution in [0.1, 0.15) is 30.1 Å². The standard InChI is InChI=1S/C14H18Br2N2O/c1-9-3-2-4-18(13(9)8-17)14(19)10-5-11(15)7-12(16)6-10/h5-7,9,13H,2-4,8,17H2,1H3. The van der Waals surface area contributed by atoms with Crippen molar-refractivity contribution >= 4 is 37.8 Å². The second kappa shape index (κ2) is 6.37. The van der Waals surface area contributed by atoms with Crippen molar-refractivity contribution in [1.29, 1.82) is 0 Å².